The van der Waals surface area contributed by atoms with Gasteiger partial charge in [0.05, 0.1) is 12.8 Å². The largest absolute Gasteiger partial charge is 0.495 e. The van der Waals surface area contributed by atoms with Crippen LogP contribution in [0.4, 0.5) is 10.1 Å². The SMILES string of the molecule is COc1ccc(C(=O)Nc2cc(Cl)ccc2F)cc1S(=O)(=O)N(C)C. The van der Waals surface area contributed by atoms with E-state index in [-0.39, 0.29) is 26.9 Å². The molecule has 0 unspecified atom stereocenters. The number of halogens is 2. The van der Waals surface area contributed by atoms with Crippen LogP contribution in [0, 0.1) is 5.82 Å². The van der Waals surface area contributed by atoms with Crippen molar-refractivity contribution >= 4 is 33.2 Å². The van der Waals surface area contributed by atoms with Crippen LogP contribution in [0.5, 0.6) is 5.75 Å². The average molecular weight is 387 g/mol. The highest BCUT2D eigenvalue weighted by Crippen LogP contribution is 2.27. The number of amides is 1. The molecule has 0 saturated heterocycles. The van der Waals surface area contributed by atoms with E-state index >= 15 is 0 Å². The Labute approximate surface area is 150 Å². The molecule has 0 bridgehead atoms. The number of carbonyl (C=O) groups is 1. The fourth-order valence-electron chi connectivity index (χ4n) is 2.00. The van der Waals surface area contributed by atoms with Gasteiger partial charge in [0.1, 0.15) is 16.5 Å². The monoisotopic (exact) mass is 386 g/mol. The maximum atomic E-state index is 13.7. The van der Waals surface area contributed by atoms with Crippen molar-refractivity contribution in [2.45, 2.75) is 4.90 Å². The molecular formula is C16H16ClFN2O4S. The van der Waals surface area contributed by atoms with Crippen molar-refractivity contribution in [3.8, 4) is 5.75 Å². The summed E-state index contributed by atoms with van der Waals surface area (Å²) < 4.78 is 44.6. The fourth-order valence-corrected chi connectivity index (χ4v) is 3.25. The van der Waals surface area contributed by atoms with E-state index in [2.05, 4.69) is 5.32 Å². The van der Waals surface area contributed by atoms with Gasteiger partial charge < -0.3 is 10.1 Å². The van der Waals surface area contributed by atoms with Gasteiger partial charge >= 0.3 is 0 Å². The Bertz CT molecular complexity index is 916. The molecule has 0 fully saturated rings. The van der Waals surface area contributed by atoms with Crippen molar-refractivity contribution in [3.63, 3.8) is 0 Å². The number of methoxy groups -OCH3 is 1. The molecular weight excluding hydrogens is 371 g/mol. The number of nitrogens with one attached hydrogen (secondary N) is 1. The van der Waals surface area contributed by atoms with Gasteiger partial charge in [-0.05, 0) is 36.4 Å². The molecule has 0 aliphatic rings. The lowest BCUT2D eigenvalue weighted by Gasteiger charge is -2.15. The van der Waals surface area contributed by atoms with E-state index in [1.807, 2.05) is 0 Å². The van der Waals surface area contributed by atoms with Crippen molar-refractivity contribution in [1.82, 2.24) is 4.31 Å². The van der Waals surface area contributed by atoms with E-state index in [1.165, 1.54) is 51.5 Å². The van der Waals surface area contributed by atoms with Crippen molar-refractivity contribution in [2.75, 3.05) is 26.5 Å². The molecule has 0 radical (unpaired) electrons. The van der Waals surface area contributed by atoms with Gasteiger partial charge in [-0.3, -0.25) is 4.79 Å². The Hall–Kier alpha value is -2.16. The number of benzene rings is 2. The smallest absolute Gasteiger partial charge is 0.255 e. The lowest BCUT2D eigenvalue weighted by molar-refractivity contribution is 0.102. The van der Waals surface area contributed by atoms with E-state index in [9.17, 15) is 17.6 Å². The van der Waals surface area contributed by atoms with Gasteiger partial charge in [-0.15, -0.1) is 0 Å². The van der Waals surface area contributed by atoms with E-state index in [1.54, 1.807) is 0 Å². The number of hydrogen-bond donors (Lipinski definition) is 1. The molecule has 0 aliphatic carbocycles. The second kappa shape index (κ2) is 7.38. The molecule has 0 saturated carbocycles. The molecule has 6 nitrogen and oxygen atoms in total. The summed E-state index contributed by atoms with van der Waals surface area (Å²) in [5.41, 5.74) is -0.0778. The third kappa shape index (κ3) is 4.09. The molecule has 0 aromatic heterocycles. The summed E-state index contributed by atoms with van der Waals surface area (Å²) >= 11 is 5.79. The van der Waals surface area contributed by atoms with Crippen molar-refractivity contribution in [3.05, 3.63) is 52.8 Å². The molecule has 9 heteroatoms. The van der Waals surface area contributed by atoms with Crippen molar-refractivity contribution in [2.24, 2.45) is 0 Å². The molecule has 2 rings (SSSR count). The molecule has 0 aliphatic heterocycles. The van der Waals surface area contributed by atoms with E-state index in [0.29, 0.717) is 0 Å². The minimum Gasteiger partial charge on any atom is -0.495 e. The molecule has 1 N–H and O–H groups in total. The third-order valence-corrected chi connectivity index (χ3v) is 5.43. The lowest BCUT2D eigenvalue weighted by Crippen LogP contribution is -2.23. The second-order valence-electron chi connectivity index (χ2n) is 5.23. The standard InChI is InChI=1S/C16H16ClFN2O4S/c1-20(2)25(22,23)15-8-10(4-7-14(15)24-3)16(21)19-13-9-11(17)5-6-12(13)18/h4-9H,1-3H3,(H,19,21). The minimum absolute atomic E-state index is 0.0283. The summed E-state index contributed by atoms with van der Waals surface area (Å²) in [5, 5.41) is 2.62. The van der Waals surface area contributed by atoms with E-state index in [0.717, 1.165) is 10.4 Å². The molecule has 134 valence electrons. The number of sulfonamides is 1. The van der Waals surface area contributed by atoms with Gasteiger partial charge in [-0.25, -0.2) is 17.1 Å². The van der Waals surface area contributed by atoms with Crippen LogP contribution >= 0.6 is 11.6 Å². The zero-order valence-corrected chi connectivity index (χ0v) is 15.3. The summed E-state index contributed by atoms with van der Waals surface area (Å²) in [5.74, 6) is -1.24. The first-order valence-electron chi connectivity index (χ1n) is 7.03. The Kier molecular flexibility index (Phi) is 5.66. The van der Waals surface area contributed by atoms with Crippen molar-refractivity contribution in [1.29, 1.82) is 0 Å². The van der Waals surface area contributed by atoms with Crippen molar-refractivity contribution < 1.29 is 22.3 Å². The Morgan fingerprint density at radius 1 is 1.20 bits per heavy atom. The quantitative estimate of drug-likeness (QED) is 0.857. The van der Waals surface area contributed by atoms with Gasteiger partial charge in [0.25, 0.3) is 5.91 Å². The van der Waals surface area contributed by atoms with Crippen LogP contribution in [0.15, 0.2) is 41.3 Å². The van der Waals surface area contributed by atoms with Crippen LogP contribution < -0.4 is 10.1 Å². The number of rotatable bonds is 5. The summed E-state index contributed by atoms with van der Waals surface area (Å²) in [6.45, 7) is 0. The molecule has 0 atom stereocenters. The second-order valence-corrected chi connectivity index (χ2v) is 7.79. The molecule has 25 heavy (non-hydrogen) atoms. The Morgan fingerprint density at radius 2 is 1.88 bits per heavy atom. The number of carbonyl (C=O) groups excluding carboxylic acids is 1. The first-order valence-corrected chi connectivity index (χ1v) is 8.85. The number of anilines is 1. The summed E-state index contributed by atoms with van der Waals surface area (Å²) in [6.07, 6.45) is 0. The zero-order chi connectivity index (χ0) is 18.8. The van der Waals surface area contributed by atoms with Crippen LogP contribution in [0.2, 0.25) is 5.02 Å². The van der Waals surface area contributed by atoms with Crippen LogP contribution in [-0.4, -0.2) is 39.8 Å². The molecule has 1 amide bonds. The highest BCUT2D eigenvalue weighted by molar-refractivity contribution is 7.89. The first kappa shape index (κ1) is 19.2. The molecule has 0 spiro atoms. The lowest BCUT2D eigenvalue weighted by atomic mass is 10.2. The number of ether oxygens (including phenoxy) is 1. The summed E-state index contributed by atoms with van der Waals surface area (Å²) in [4.78, 5) is 12.2. The van der Waals surface area contributed by atoms with Gasteiger partial charge in [0.15, 0.2) is 0 Å². The maximum Gasteiger partial charge on any atom is 0.255 e. The topological polar surface area (TPSA) is 75.7 Å². The maximum absolute atomic E-state index is 13.7. The number of hydrogen-bond acceptors (Lipinski definition) is 4. The normalized spacial score (nSPS) is 11.4. The summed E-state index contributed by atoms with van der Waals surface area (Å²) in [7, 11) is 0.222. The van der Waals surface area contributed by atoms with Gasteiger partial charge in [-0.2, -0.15) is 0 Å². The molecule has 2 aromatic carbocycles. The molecule has 0 heterocycles. The number of nitrogens with zero attached hydrogens (tertiary/aromatic N) is 1. The zero-order valence-electron chi connectivity index (χ0n) is 13.7. The average Bonchev–Trinajstić information content (AvgIpc) is 2.57. The first-order chi connectivity index (χ1) is 11.7. The van der Waals surface area contributed by atoms with Gasteiger partial charge in [-0.1, -0.05) is 11.6 Å². The van der Waals surface area contributed by atoms with Crippen LogP contribution in [-0.2, 0) is 10.0 Å². The van der Waals surface area contributed by atoms with E-state index < -0.39 is 21.7 Å². The van der Waals surface area contributed by atoms with Gasteiger partial charge in [0.2, 0.25) is 10.0 Å². The van der Waals surface area contributed by atoms with Crippen LogP contribution in [0.1, 0.15) is 10.4 Å². The van der Waals surface area contributed by atoms with Crippen LogP contribution in [0.3, 0.4) is 0 Å². The molecule has 2 aromatic rings. The Balaban J connectivity index is 2.43. The van der Waals surface area contributed by atoms with Gasteiger partial charge in [0, 0.05) is 24.7 Å². The summed E-state index contributed by atoms with van der Waals surface area (Å²) in [6, 6.07) is 7.64. The van der Waals surface area contributed by atoms with E-state index in [4.69, 9.17) is 16.3 Å². The highest BCUT2D eigenvalue weighted by atomic mass is 35.5. The fraction of sp³-hybridized carbons (Fsp3) is 0.188. The van der Waals surface area contributed by atoms with Crippen LogP contribution in [0.25, 0.3) is 0 Å². The third-order valence-electron chi connectivity index (χ3n) is 3.36. The minimum atomic E-state index is -3.83. The highest BCUT2D eigenvalue weighted by Gasteiger charge is 2.24. The predicted molar refractivity (Wildman–Crippen MR) is 93.2 cm³/mol. The Morgan fingerprint density at radius 3 is 2.48 bits per heavy atom. The predicted octanol–water partition coefficient (Wildman–Crippen LogP) is 2.99.